The lowest BCUT2D eigenvalue weighted by Crippen LogP contribution is -2.57. The number of nitrogens with zero attached hydrogens (tertiary/aromatic N) is 2. The minimum Gasteiger partial charge on any atom is -0.444 e. The average Bonchev–Trinajstić information content (AvgIpc) is 2.58. The molecular formula is C21H24N2O3. The molecule has 3 heterocycles. The molecular weight excluding hydrogens is 328 g/mol. The van der Waals surface area contributed by atoms with Gasteiger partial charge >= 0.3 is 6.09 Å². The Morgan fingerprint density at radius 1 is 1.23 bits per heavy atom. The fourth-order valence-corrected chi connectivity index (χ4v) is 3.77. The van der Waals surface area contributed by atoms with Gasteiger partial charge in [0.25, 0.3) is 0 Å². The lowest BCUT2D eigenvalue weighted by molar-refractivity contribution is -0.0510. The van der Waals surface area contributed by atoms with Gasteiger partial charge in [-0.1, -0.05) is 24.3 Å². The zero-order valence-corrected chi connectivity index (χ0v) is 15.4. The molecule has 1 amide bonds. The first-order valence-corrected chi connectivity index (χ1v) is 9.06. The first kappa shape index (κ1) is 17.0. The van der Waals surface area contributed by atoms with Gasteiger partial charge in [-0.15, -0.1) is 0 Å². The Bertz CT molecular complexity index is 864. The summed E-state index contributed by atoms with van der Waals surface area (Å²) in [6.07, 6.45) is 4.50. The van der Waals surface area contributed by atoms with Crippen molar-refractivity contribution >= 4 is 22.6 Å². The summed E-state index contributed by atoms with van der Waals surface area (Å²) < 4.78 is 11.3. The van der Waals surface area contributed by atoms with Crippen LogP contribution in [0.2, 0.25) is 0 Å². The Hall–Kier alpha value is -2.40. The van der Waals surface area contributed by atoms with Crippen molar-refractivity contribution in [1.29, 1.82) is 0 Å². The second-order valence-electron chi connectivity index (χ2n) is 7.92. The van der Waals surface area contributed by atoms with Crippen LogP contribution in [-0.2, 0) is 9.47 Å². The number of fused-ring (bicyclic) bond motifs is 3. The number of hydrogen-bond acceptors (Lipinski definition) is 4. The Labute approximate surface area is 153 Å². The highest BCUT2D eigenvalue weighted by molar-refractivity contribution is 5.92. The van der Waals surface area contributed by atoms with Crippen LogP contribution >= 0.6 is 0 Å². The smallest absolute Gasteiger partial charge is 0.411 e. The van der Waals surface area contributed by atoms with Crippen molar-refractivity contribution in [2.75, 3.05) is 13.2 Å². The molecule has 136 valence electrons. The van der Waals surface area contributed by atoms with E-state index in [9.17, 15) is 4.79 Å². The first-order valence-electron chi connectivity index (χ1n) is 9.06. The summed E-state index contributed by atoms with van der Waals surface area (Å²) >= 11 is 0. The van der Waals surface area contributed by atoms with Crippen LogP contribution < -0.4 is 0 Å². The minimum absolute atomic E-state index is 0.00414. The lowest BCUT2D eigenvalue weighted by Gasteiger charge is -2.44. The number of carbonyl (C=O) groups excluding carboxylic acids is 1. The van der Waals surface area contributed by atoms with E-state index in [0.717, 1.165) is 17.3 Å². The Kier molecular flexibility index (Phi) is 4.19. The van der Waals surface area contributed by atoms with Crippen LogP contribution in [0.1, 0.15) is 32.8 Å². The minimum atomic E-state index is -0.502. The van der Waals surface area contributed by atoms with Crippen LogP contribution in [0.25, 0.3) is 16.5 Å². The molecule has 2 bridgehead atoms. The standard InChI is InChI=1S/C21H24N2O3/c1-21(2,3)26-20(24)23-15-10-14(11-16(23)13-25-12-15)17-8-9-22-19-7-5-4-6-18(17)19/h4-10,15-16H,11-13H2,1-3H3. The Balaban J connectivity index is 1.69. The summed E-state index contributed by atoms with van der Waals surface area (Å²) in [6.45, 7) is 6.72. The molecule has 2 aliphatic rings. The number of aromatic nitrogens is 1. The maximum Gasteiger partial charge on any atom is 0.411 e. The molecule has 1 aromatic carbocycles. The molecule has 1 aromatic heterocycles. The summed E-state index contributed by atoms with van der Waals surface area (Å²) in [4.78, 5) is 19.0. The third-order valence-electron chi connectivity index (χ3n) is 4.80. The van der Waals surface area contributed by atoms with E-state index >= 15 is 0 Å². The van der Waals surface area contributed by atoms with Crippen molar-refractivity contribution in [1.82, 2.24) is 9.88 Å². The van der Waals surface area contributed by atoms with Gasteiger partial charge in [0.1, 0.15) is 5.60 Å². The van der Waals surface area contributed by atoms with Gasteiger partial charge in [-0.3, -0.25) is 9.88 Å². The van der Waals surface area contributed by atoms with Crippen LogP contribution in [-0.4, -0.2) is 46.9 Å². The number of carbonyl (C=O) groups is 1. The third-order valence-corrected chi connectivity index (χ3v) is 4.80. The Morgan fingerprint density at radius 3 is 2.81 bits per heavy atom. The molecule has 2 aliphatic heterocycles. The quantitative estimate of drug-likeness (QED) is 0.778. The number of morpholine rings is 1. The molecule has 0 aliphatic carbocycles. The van der Waals surface area contributed by atoms with Gasteiger partial charge in [-0.2, -0.15) is 0 Å². The lowest BCUT2D eigenvalue weighted by atomic mass is 9.88. The first-order chi connectivity index (χ1) is 12.4. The summed E-state index contributed by atoms with van der Waals surface area (Å²) in [5, 5.41) is 1.14. The molecule has 0 radical (unpaired) electrons. The predicted octanol–water partition coefficient (Wildman–Crippen LogP) is 4.03. The van der Waals surface area contributed by atoms with E-state index in [1.54, 1.807) is 0 Å². The fraction of sp³-hybridized carbons (Fsp3) is 0.429. The van der Waals surface area contributed by atoms with Crippen molar-refractivity contribution in [3.63, 3.8) is 0 Å². The maximum absolute atomic E-state index is 12.7. The molecule has 5 heteroatoms. The van der Waals surface area contributed by atoms with Crippen LogP contribution in [0.5, 0.6) is 0 Å². The number of amides is 1. The molecule has 0 N–H and O–H groups in total. The summed E-state index contributed by atoms with van der Waals surface area (Å²) in [5.74, 6) is 0. The van der Waals surface area contributed by atoms with Gasteiger partial charge < -0.3 is 9.47 Å². The molecule has 26 heavy (non-hydrogen) atoms. The van der Waals surface area contributed by atoms with Crippen molar-refractivity contribution in [3.05, 3.63) is 48.2 Å². The second-order valence-corrected chi connectivity index (χ2v) is 7.92. The number of benzene rings is 1. The highest BCUT2D eigenvalue weighted by Gasteiger charge is 2.40. The molecule has 1 fully saturated rings. The zero-order valence-electron chi connectivity index (χ0n) is 15.4. The van der Waals surface area contributed by atoms with Crippen molar-refractivity contribution in [3.8, 4) is 0 Å². The van der Waals surface area contributed by atoms with Gasteiger partial charge in [0.05, 0.1) is 30.8 Å². The monoisotopic (exact) mass is 352 g/mol. The van der Waals surface area contributed by atoms with Crippen LogP contribution in [0.3, 0.4) is 0 Å². The van der Waals surface area contributed by atoms with E-state index < -0.39 is 5.60 Å². The summed E-state index contributed by atoms with van der Waals surface area (Å²) in [6, 6.07) is 10.1. The summed E-state index contributed by atoms with van der Waals surface area (Å²) in [7, 11) is 0. The van der Waals surface area contributed by atoms with E-state index in [1.165, 1.54) is 11.1 Å². The van der Waals surface area contributed by atoms with E-state index in [1.807, 2.05) is 50.1 Å². The largest absolute Gasteiger partial charge is 0.444 e. The SMILES string of the molecule is CC(C)(C)OC(=O)N1C2C=C(c3ccnc4ccccc34)CC1COC2. The fourth-order valence-electron chi connectivity index (χ4n) is 3.77. The normalized spacial score (nSPS) is 22.9. The van der Waals surface area contributed by atoms with E-state index in [4.69, 9.17) is 9.47 Å². The van der Waals surface area contributed by atoms with Gasteiger partial charge in [0, 0.05) is 11.6 Å². The molecule has 1 saturated heterocycles. The molecule has 0 spiro atoms. The van der Waals surface area contributed by atoms with Crippen molar-refractivity contribution < 1.29 is 14.3 Å². The highest BCUT2D eigenvalue weighted by Crippen LogP contribution is 2.35. The molecule has 5 nitrogen and oxygen atoms in total. The van der Waals surface area contributed by atoms with E-state index in [-0.39, 0.29) is 18.2 Å². The van der Waals surface area contributed by atoms with Gasteiger partial charge in [0.15, 0.2) is 0 Å². The van der Waals surface area contributed by atoms with Crippen molar-refractivity contribution in [2.24, 2.45) is 0 Å². The second kappa shape index (κ2) is 6.40. The number of para-hydroxylation sites is 1. The van der Waals surface area contributed by atoms with Gasteiger partial charge in [0.2, 0.25) is 0 Å². The average molecular weight is 352 g/mol. The molecule has 4 rings (SSSR count). The van der Waals surface area contributed by atoms with Crippen LogP contribution in [0, 0.1) is 0 Å². The van der Waals surface area contributed by atoms with Crippen LogP contribution in [0.4, 0.5) is 4.79 Å². The molecule has 2 unspecified atom stereocenters. The van der Waals surface area contributed by atoms with Gasteiger partial charge in [-0.25, -0.2) is 4.79 Å². The van der Waals surface area contributed by atoms with E-state index in [0.29, 0.717) is 13.2 Å². The Morgan fingerprint density at radius 2 is 2.04 bits per heavy atom. The topological polar surface area (TPSA) is 51.7 Å². The number of ether oxygens (including phenoxy) is 2. The summed E-state index contributed by atoms with van der Waals surface area (Å²) in [5.41, 5.74) is 2.93. The maximum atomic E-state index is 12.7. The number of pyridine rings is 1. The van der Waals surface area contributed by atoms with E-state index in [2.05, 4.69) is 23.2 Å². The van der Waals surface area contributed by atoms with Crippen LogP contribution in [0.15, 0.2) is 42.6 Å². The molecule has 2 aromatic rings. The number of rotatable bonds is 1. The number of hydrogen-bond donors (Lipinski definition) is 0. The molecule has 0 saturated carbocycles. The highest BCUT2D eigenvalue weighted by atomic mass is 16.6. The third kappa shape index (κ3) is 3.19. The predicted molar refractivity (Wildman–Crippen MR) is 101 cm³/mol. The van der Waals surface area contributed by atoms with Gasteiger partial charge in [-0.05, 0) is 50.5 Å². The van der Waals surface area contributed by atoms with Crippen molar-refractivity contribution in [2.45, 2.75) is 44.9 Å². The molecule has 2 atom stereocenters. The zero-order chi connectivity index (χ0) is 18.3.